The second-order valence-corrected chi connectivity index (χ2v) is 8.97. The Morgan fingerprint density at radius 2 is 1.73 bits per heavy atom. The molecule has 0 amide bonds. The molecule has 1 heterocycles. The number of aliphatic carboxylic acids is 1. The summed E-state index contributed by atoms with van der Waals surface area (Å²) in [7, 11) is 3.12. The van der Waals surface area contributed by atoms with Gasteiger partial charge in [0.15, 0.2) is 17.6 Å². The normalized spacial score (nSPS) is 11.8. The monoisotopic (exact) mass is 543 g/mol. The molecule has 0 fully saturated rings. The number of hydrogen-bond acceptors (Lipinski definition) is 7. The van der Waals surface area contributed by atoms with Gasteiger partial charge in [0.05, 0.1) is 26.5 Å². The lowest BCUT2D eigenvalue weighted by Crippen LogP contribution is -2.26. The molecule has 0 bridgehead atoms. The molecule has 0 saturated heterocycles. The Kier molecular flexibility index (Phi) is 9.83. The van der Waals surface area contributed by atoms with Gasteiger partial charge in [-0.25, -0.2) is 9.78 Å². The number of aryl methyl sites for hydroxylation is 1. The van der Waals surface area contributed by atoms with Crippen molar-refractivity contribution < 1.29 is 33.3 Å². The number of benzene rings is 3. The maximum atomic E-state index is 11.8. The van der Waals surface area contributed by atoms with Gasteiger partial charge in [0.25, 0.3) is 0 Å². The van der Waals surface area contributed by atoms with Crippen LogP contribution in [-0.4, -0.2) is 43.0 Å². The van der Waals surface area contributed by atoms with Crippen LogP contribution in [0.4, 0.5) is 0 Å². The minimum Gasteiger partial charge on any atom is -0.497 e. The SMILES string of the molecule is COc1ccc(OCCc2nc(-c3ccccc3)oc2C)c(/C=C/CCC(Oc2ccccc2OC)C(=O)O)c1. The summed E-state index contributed by atoms with van der Waals surface area (Å²) in [6, 6.07) is 22.3. The van der Waals surface area contributed by atoms with Gasteiger partial charge in [-0.15, -0.1) is 0 Å². The van der Waals surface area contributed by atoms with E-state index >= 15 is 0 Å². The number of aromatic nitrogens is 1. The highest BCUT2D eigenvalue weighted by Crippen LogP contribution is 2.29. The molecular weight excluding hydrogens is 510 g/mol. The molecule has 4 aromatic rings. The lowest BCUT2D eigenvalue weighted by atomic mass is 10.1. The molecule has 0 aliphatic heterocycles. The van der Waals surface area contributed by atoms with Crippen molar-refractivity contribution in [2.45, 2.75) is 32.3 Å². The number of para-hydroxylation sites is 2. The predicted octanol–water partition coefficient (Wildman–Crippen LogP) is 6.61. The lowest BCUT2D eigenvalue weighted by molar-refractivity contribution is -0.145. The van der Waals surface area contributed by atoms with Crippen LogP contribution in [0, 0.1) is 6.92 Å². The molecule has 1 aromatic heterocycles. The number of oxazole rings is 1. The molecule has 0 aliphatic carbocycles. The molecule has 8 nitrogen and oxygen atoms in total. The van der Waals surface area contributed by atoms with E-state index in [9.17, 15) is 9.90 Å². The molecular formula is C32H33NO7. The van der Waals surface area contributed by atoms with Crippen LogP contribution in [-0.2, 0) is 11.2 Å². The quantitative estimate of drug-likeness (QED) is 0.190. The molecule has 1 unspecified atom stereocenters. The first-order valence-electron chi connectivity index (χ1n) is 13.0. The van der Waals surface area contributed by atoms with Crippen LogP contribution in [0.3, 0.4) is 0 Å². The number of carbonyl (C=O) groups is 1. The Balaban J connectivity index is 1.38. The smallest absolute Gasteiger partial charge is 0.344 e. The average molecular weight is 544 g/mol. The highest BCUT2D eigenvalue weighted by Gasteiger charge is 2.20. The molecule has 40 heavy (non-hydrogen) atoms. The summed E-state index contributed by atoms with van der Waals surface area (Å²) in [4.78, 5) is 16.5. The van der Waals surface area contributed by atoms with Crippen molar-refractivity contribution in [3.63, 3.8) is 0 Å². The van der Waals surface area contributed by atoms with E-state index in [1.807, 2.05) is 67.6 Å². The standard InChI is InChI=1S/C32H33NO7/c1-22-26(33-31(39-22)23-11-5-4-6-12-23)19-20-38-27-18-17-25(36-2)21-24(27)13-7-8-16-30(32(34)35)40-29-15-10-9-14-28(29)37-3/h4-7,9-15,17-18,21,30H,8,16,19-20H2,1-3H3,(H,34,35)/b13-7+. The maximum Gasteiger partial charge on any atom is 0.344 e. The number of nitrogens with zero attached hydrogens (tertiary/aromatic N) is 1. The van der Waals surface area contributed by atoms with Gasteiger partial charge in [-0.05, 0) is 62.2 Å². The fourth-order valence-electron chi connectivity index (χ4n) is 4.10. The van der Waals surface area contributed by atoms with Crippen molar-refractivity contribution >= 4 is 12.0 Å². The molecule has 0 aliphatic rings. The third kappa shape index (κ3) is 7.44. The highest BCUT2D eigenvalue weighted by molar-refractivity contribution is 5.73. The lowest BCUT2D eigenvalue weighted by Gasteiger charge is -2.16. The zero-order valence-electron chi connectivity index (χ0n) is 22.8. The topological polar surface area (TPSA) is 100 Å². The van der Waals surface area contributed by atoms with E-state index in [4.69, 9.17) is 23.4 Å². The predicted molar refractivity (Wildman–Crippen MR) is 152 cm³/mol. The molecule has 1 N–H and O–H groups in total. The Labute approximate surface area is 233 Å². The van der Waals surface area contributed by atoms with Crippen molar-refractivity contribution in [2.24, 2.45) is 0 Å². The van der Waals surface area contributed by atoms with Gasteiger partial charge in [0.2, 0.25) is 5.89 Å². The summed E-state index contributed by atoms with van der Waals surface area (Å²) in [6.07, 6.45) is 4.11. The van der Waals surface area contributed by atoms with Crippen molar-refractivity contribution in [1.29, 1.82) is 0 Å². The van der Waals surface area contributed by atoms with E-state index in [0.717, 1.165) is 22.6 Å². The van der Waals surface area contributed by atoms with E-state index in [0.29, 0.717) is 48.3 Å². The molecule has 4 rings (SSSR count). The molecule has 8 heteroatoms. The van der Waals surface area contributed by atoms with Gasteiger partial charge in [0, 0.05) is 17.5 Å². The van der Waals surface area contributed by atoms with E-state index in [1.54, 1.807) is 31.4 Å². The summed E-state index contributed by atoms with van der Waals surface area (Å²) < 4.78 is 28.3. The molecule has 0 radical (unpaired) electrons. The maximum absolute atomic E-state index is 11.8. The number of ether oxygens (including phenoxy) is 4. The second-order valence-electron chi connectivity index (χ2n) is 8.97. The zero-order valence-corrected chi connectivity index (χ0v) is 22.8. The summed E-state index contributed by atoms with van der Waals surface area (Å²) in [6.45, 7) is 2.31. The van der Waals surface area contributed by atoms with Gasteiger partial charge in [-0.3, -0.25) is 0 Å². The van der Waals surface area contributed by atoms with E-state index in [2.05, 4.69) is 4.98 Å². The van der Waals surface area contributed by atoms with Crippen LogP contribution >= 0.6 is 0 Å². The Morgan fingerprint density at radius 1 is 0.975 bits per heavy atom. The van der Waals surface area contributed by atoms with Gasteiger partial charge in [-0.1, -0.05) is 42.5 Å². The summed E-state index contributed by atoms with van der Waals surface area (Å²) in [5, 5.41) is 9.67. The van der Waals surface area contributed by atoms with Crippen LogP contribution in [0.1, 0.15) is 29.9 Å². The van der Waals surface area contributed by atoms with Crippen LogP contribution < -0.4 is 18.9 Å². The van der Waals surface area contributed by atoms with Crippen LogP contribution in [0.25, 0.3) is 17.5 Å². The number of rotatable bonds is 14. The van der Waals surface area contributed by atoms with E-state index in [-0.39, 0.29) is 6.42 Å². The van der Waals surface area contributed by atoms with Gasteiger partial charge in [-0.2, -0.15) is 0 Å². The Morgan fingerprint density at radius 3 is 2.45 bits per heavy atom. The fourth-order valence-corrected chi connectivity index (χ4v) is 4.10. The van der Waals surface area contributed by atoms with Crippen molar-refractivity contribution in [3.05, 3.63) is 95.9 Å². The van der Waals surface area contributed by atoms with Crippen molar-refractivity contribution in [3.8, 4) is 34.5 Å². The third-order valence-electron chi connectivity index (χ3n) is 6.23. The zero-order chi connectivity index (χ0) is 28.3. The Hall–Kier alpha value is -4.72. The minimum absolute atomic E-state index is 0.277. The number of methoxy groups -OCH3 is 2. The molecule has 208 valence electrons. The average Bonchev–Trinajstić information content (AvgIpc) is 3.35. The first kappa shape index (κ1) is 28.3. The van der Waals surface area contributed by atoms with Crippen LogP contribution in [0.5, 0.6) is 23.0 Å². The Bertz CT molecular complexity index is 1430. The number of carboxylic acids is 1. The summed E-state index contributed by atoms with van der Waals surface area (Å²) in [5.74, 6) is 2.57. The number of allylic oxidation sites excluding steroid dienone is 1. The largest absolute Gasteiger partial charge is 0.497 e. The molecule has 1 atom stereocenters. The second kappa shape index (κ2) is 13.9. The number of carboxylic acid groups (broad SMARTS) is 1. The highest BCUT2D eigenvalue weighted by atomic mass is 16.5. The van der Waals surface area contributed by atoms with E-state index in [1.165, 1.54) is 7.11 Å². The summed E-state index contributed by atoms with van der Waals surface area (Å²) >= 11 is 0. The van der Waals surface area contributed by atoms with Crippen molar-refractivity contribution in [1.82, 2.24) is 4.98 Å². The van der Waals surface area contributed by atoms with Gasteiger partial charge in [0.1, 0.15) is 17.3 Å². The fraction of sp³-hybridized carbons (Fsp3) is 0.250. The van der Waals surface area contributed by atoms with Gasteiger partial charge >= 0.3 is 5.97 Å². The van der Waals surface area contributed by atoms with Crippen LogP contribution in [0.2, 0.25) is 0 Å². The first-order chi connectivity index (χ1) is 19.5. The summed E-state index contributed by atoms with van der Waals surface area (Å²) in [5.41, 5.74) is 2.59. The molecule has 0 spiro atoms. The molecule has 3 aromatic carbocycles. The van der Waals surface area contributed by atoms with Gasteiger partial charge < -0.3 is 28.5 Å². The minimum atomic E-state index is -1.04. The number of hydrogen-bond donors (Lipinski definition) is 1. The first-order valence-corrected chi connectivity index (χ1v) is 13.0. The van der Waals surface area contributed by atoms with E-state index < -0.39 is 12.1 Å². The molecule has 0 saturated carbocycles. The third-order valence-corrected chi connectivity index (χ3v) is 6.23. The van der Waals surface area contributed by atoms with Crippen molar-refractivity contribution in [2.75, 3.05) is 20.8 Å². The van der Waals surface area contributed by atoms with Crippen LogP contribution in [0.15, 0.2) is 83.3 Å².